The van der Waals surface area contributed by atoms with Crippen LogP contribution in [0.4, 0.5) is 16.2 Å². The third kappa shape index (κ3) is 5.36. The van der Waals surface area contributed by atoms with E-state index in [1.54, 1.807) is 67.8 Å². The van der Waals surface area contributed by atoms with Gasteiger partial charge in [0.25, 0.3) is 0 Å². The maximum Gasteiger partial charge on any atom is 0.414 e. The zero-order valence-corrected chi connectivity index (χ0v) is 20.7. The Kier molecular flexibility index (Phi) is 6.85. The third-order valence-electron chi connectivity index (χ3n) is 5.18. The van der Waals surface area contributed by atoms with Crippen molar-refractivity contribution in [2.45, 2.75) is 58.0 Å². The summed E-state index contributed by atoms with van der Waals surface area (Å²) in [6, 6.07) is 11.8. The molecule has 0 unspecified atom stereocenters. The van der Waals surface area contributed by atoms with Crippen molar-refractivity contribution in [3.05, 3.63) is 42.5 Å². The Morgan fingerprint density at radius 1 is 1.06 bits per heavy atom. The summed E-state index contributed by atoms with van der Waals surface area (Å²) in [4.78, 5) is 28.3. The van der Waals surface area contributed by atoms with Crippen LogP contribution in [0, 0.1) is 0 Å². The van der Waals surface area contributed by atoms with E-state index in [-0.39, 0.29) is 23.5 Å². The maximum absolute atomic E-state index is 12.6. The molecule has 1 heterocycles. The molecule has 0 aliphatic carbocycles. The molecule has 0 aromatic heterocycles. The van der Waals surface area contributed by atoms with E-state index in [4.69, 9.17) is 4.74 Å². The normalized spacial score (nSPS) is 16.4. The molecule has 0 radical (unpaired) electrons. The number of nitrogens with zero attached hydrogens (tertiary/aromatic N) is 2. The van der Waals surface area contributed by atoms with Crippen LogP contribution in [-0.4, -0.2) is 45.2 Å². The molecule has 1 aliphatic heterocycles. The molecule has 2 aromatic carbocycles. The van der Waals surface area contributed by atoms with Gasteiger partial charge in [0.2, 0.25) is 15.9 Å². The molecule has 33 heavy (non-hydrogen) atoms. The van der Waals surface area contributed by atoms with Gasteiger partial charge in [0.05, 0.1) is 28.9 Å². The number of fused-ring (bicyclic) bond motifs is 1. The SMILES string of the molecule is CCOC(=O)N1C[C@H](C)N(C(C)=O)c2ccc(-c3ccc(S(=O)(=O)NC(C)(C)C)cc3)cc21. The van der Waals surface area contributed by atoms with Crippen LogP contribution in [0.2, 0.25) is 0 Å². The van der Waals surface area contributed by atoms with E-state index in [0.29, 0.717) is 17.9 Å². The predicted octanol–water partition coefficient (Wildman–Crippen LogP) is 4.15. The molecule has 9 heteroatoms. The first-order valence-corrected chi connectivity index (χ1v) is 12.3. The van der Waals surface area contributed by atoms with Gasteiger partial charge in [-0.15, -0.1) is 0 Å². The van der Waals surface area contributed by atoms with Crippen LogP contribution in [0.15, 0.2) is 47.4 Å². The van der Waals surface area contributed by atoms with E-state index >= 15 is 0 Å². The number of carbonyl (C=O) groups excluding carboxylic acids is 2. The van der Waals surface area contributed by atoms with E-state index < -0.39 is 21.7 Å². The number of hydrogen-bond acceptors (Lipinski definition) is 5. The Balaban J connectivity index is 2.02. The highest BCUT2D eigenvalue weighted by Gasteiger charge is 2.34. The minimum atomic E-state index is -3.64. The van der Waals surface area contributed by atoms with E-state index in [1.165, 1.54) is 6.92 Å². The van der Waals surface area contributed by atoms with Crippen molar-refractivity contribution in [3.8, 4) is 11.1 Å². The zero-order valence-electron chi connectivity index (χ0n) is 19.9. The second-order valence-electron chi connectivity index (χ2n) is 9.13. The van der Waals surface area contributed by atoms with Crippen LogP contribution in [-0.2, 0) is 19.6 Å². The topological polar surface area (TPSA) is 96.0 Å². The van der Waals surface area contributed by atoms with Crippen molar-refractivity contribution in [1.29, 1.82) is 0 Å². The van der Waals surface area contributed by atoms with Crippen LogP contribution in [0.25, 0.3) is 11.1 Å². The second-order valence-corrected chi connectivity index (χ2v) is 10.8. The first-order valence-electron chi connectivity index (χ1n) is 10.9. The van der Waals surface area contributed by atoms with Crippen molar-refractivity contribution in [2.75, 3.05) is 23.0 Å². The average molecular weight is 474 g/mol. The predicted molar refractivity (Wildman–Crippen MR) is 129 cm³/mol. The Morgan fingerprint density at radius 2 is 1.67 bits per heavy atom. The summed E-state index contributed by atoms with van der Waals surface area (Å²) >= 11 is 0. The minimum absolute atomic E-state index is 0.110. The highest BCUT2D eigenvalue weighted by Crippen LogP contribution is 2.39. The van der Waals surface area contributed by atoms with Crippen LogP contribution < -0.4 is 14.5 Å². The Bertz CT molecular complexity index is 1150. The standard InChI is InChI=1S/C24H31N3O5S/c1-7-32-23(29)26-15-16(2)27(17(3)28)21-13-10-19(14-22(21)26)18-8-11-20(12-9-18)33(30,31)25-24(4,5)6/h8-14,16,25H,7,15H2,1-6H3/t16-/m0/s1. The molecule has 0 spiro atoms. The molecule has 8 nitrogen and oxygen atoms in total. The summed E-state index contributed by atoms with van der Waals surface area (Å²) < 4.78 is 33.1. The quantitative estimate of drug-likeness (QED) is 0.720. The van der Waals surface area contributed by atoms with Gasteiger partial charge in [-0.2, -0.15) is 0 Å². The van der Waals surface area contributed by atoms with Crippen molar-refractivity contribution in [2.24, 2.45) is 0 Å². The van der Waals surface area contributed by atoms with Gasteiger partial charge in [0.15, 0.2) is 0 Å². The average Bonchev–Trinajstić information content (AvgIpc) is 2.71. The van der Waals surface area contributed by atoms with E-state index in [1.807, 2.05) is 19.1 Å². The molecule has 1 N–H and O–H groups in total. The minimum Gasteiger partial charge on any atom is -0.449 e. The summed E-state index contributed by atoms with van der Waals surface area (Å²) in [6.45, 7) is 11.0. The lowest BCUT2D eigenvalue weighted by Gasteiger charge is -2.40. The van der Waals surface area contributed by atoms with Gasteiger partial charge in [0.1, 0.15) is 0 Å². The molecule has 0 saturated carbocycles. The molecule has 178 valence electrons. The molecule has 0 fully saturated rings. The summed E-state index contributed by atoms with van der Waals surface area (Å²) in [5.41, 5.74) is 2.18. The lowest BCUT2D eigenvalue weighted by atomic mass is 10.0. The van der Waals surface area contributed by atoms with Crippen molar-refractivity contribution in [1.82, 2.24) is 4.72 Å². The maximum atomic E-state index is 12.6. The lowest BCUT2D eigenvalue weighted by Crippen LogP contribution is -2.51. The summed E-state index contributed by atoms with van der Waals surface area (Å²) in [5.74, 6) is -0.110. The summed E-state index contributed by atoms with van der Waals surface area (Å²) in [7, 11) is -3.64. The number of carbonyl (C=O) groups is 2. The molecule has 1 aliphatic rings. The Morgan fingerprint density at radius 3 is 2.21 bits per heavy atom. The second kappa shape index (κ2) is 9.15. The van der Waals surface area contributed by atoms with Gasteiger partial charge < -0.3 is 9.64 Å². The summed E-state index contributed by atoms with van der Waals surface area (Å²) in [6.07, 6.45) is -0.472. The van der Waals surface area contributed by atoms with Crippen LogP contribution in [0.5, 0.6) is 0 Å². The molecule has 2 amide bonds. The van der Waals surface area contributed by atoms with Crippen molar-refractivity contribution < 1.29 is 22.7 Å². The molecule has 3 rings (SSSR count). The van der Waals surface area contributed by atoms with E-state index in [2.05, 4.69) is 4.72 Å². The van der Waals surface area contributed by atoms with Gasteiger partial charge in [-0.25, -0.2) is 17.9 Å². The zero-order chi connectivity index (χ0) is 24.6. The highest BCUT2D eigenvalue weighted by atomic mass is 32.2. The number of rotatable bonds is 4. The number of anilines is 2. The number of ether oxygens (including phenoxy) is 1. The first-order chi connectivity index (χ1) is 15.3. The van der Waals surface area contributed by atoms with Gasteiger partial charge in [0, 0.05) is 19.0 Å². The molecule has 0 saturated heterocycles. The molecular weight excluding hydrogens is 442 g/mol. The van der Waals surface area contributed by atoms with Gasteiger partial charge in [-0.1, -0.05) is 18.2 Å². The molecule has 1 atom stereocenters. The Labute approximate surface area is 195 Å². The van der Waals surface area contributed by atoms with E-state index in [9.17, 15) is 18.0 Å². The van der Waals surface area contributed by atoms with Crippen molar-refractivity contribution in [3.63, 3.8) is 0 Å². The van der Waals surface area contributed by atoms with Gasteiger partial charge >= 0.3 is 6.09 Å². The molecule has 0 bridgehead atoms. The number of sulfonamides is 1. The van der Waals surface area contributed by atoms with Crippen LogP contribution in [0.1, 0.15) is 41.5 Å². The molecular formula is C24H31N3O5S. The third-order valence-corrected chi connectivity index (χ3v) is 6.95. The lowest BCUT2D eigenvalue weighted by molar-refractivity contribution is -0.117. The number of nitrogens with one attached hydrogen (secondary N) is 1. The fourth-order valence-electron chi connectivity index (χ4n) is 3.95. The van der Waals surface area contributed by atoms with Crippen molar-refractivity contribution >= 4 is 33.4 Å². The largest absolute Gasteiger partial charge is 0.449 e. The monoisotopic (exact) mass is 473 g/mol. The fourth-order valence-corrected chi connectivity index (χ4v) is 5.37. The van der Waals surface area contributed by atoms with E-state index in [0.717, 1.165) is 11.1 Å². The highest BCUT2D eigenvalue weighted by molar-refractivity contribution is 7.89. The fraction of sp³-hybridized carbons (Fsp3) is 0.417. The Hall–Kier alpha value is -2.91. The number of amides is 2. The van der Waals surface area contributed by atoms with Gasteiger partial charge in [-0.05, 0) is 70.0 Å². The summed E-state index contributed by atoms with van der Waals surface area (Å²) in [5, 5.41) is 0. The molecule has 2 aromatic rings. The van der Waals surface area contributed by atoms with Crippen LogP contribution in [0.3, 0.4) is 0 Å². The van der Waals surface area contributed by atoms with Gasteiger partial charge in [-0.3, -0.25) is 9.69 Å². The number of hydrogen-bond donors (Lipinski definition) is 1. The first kappa shape index (κ1) is 24.7. The number of benzene rings is 2. The smallest absolute Gasteiger partial charge is 0.414 e. The van der Waals surface area contributed by atoms with Crippen LogP contribution >= 0.6 is 0 Å².